The highest BCUT2D eigenvalue weighted by atomic mass is 16.5. The van der Waals surface area contributed by atoms with E-state index in [4.69, 9.17) is 19.3 Å². The molecule has 182 valence electrons. The quantitative estimate of drug-likeness (QED) is 0.428. The molecule has 0 spiro atoms. The first-order valence-corrected chi connectivity index (χ1v) is 11.9. The Hall–Kier alpha value is -3.94. The summed E-state index contributed by atoms with van der Waals surface area (Å²) in [6.45, 7) is 8.67. The van der Waals surface area contributed by atoms with E-state index in [0.717, 1.165) is 62.3 Å². The van der Waals surface area contributed by atoms with Crippen molar-refractivity contribution < 1.29 is 14.2 Å². The van der Waals surface area contributed by atoms with Gasteiger partial charge in [-0.15, -0.1) is 5.10 Å². The van der Waals surface area contributed by atoms with Crippen molar-refractivity contribution in [2.45, 2.75) is 27.3 Å². The fourth-order valence-electron chi connectivity index (χ4n) is 4.94. The lowest BCUT2D eigenvalue weighted by atomic mass is 10.1. The van der Waals surface area contributed by atoms with Crippen LogP contribution >= 0.6 is 0 Å². The Morgan fingerprint density at radius 3 is 2.69 bits per heavy atom. The van der Waals surface area contributed by atoms with Crippen LogP contribution in [0.15, 0.2) is 42.5 Å². The molecule has 2 aromatic carbocycles. The van der Waals surface area contributed by atoms with Crippen LogP contribution in [0.1, 0.15) is 23.9 Å². The molecule has 4 aromatic rings. The van der Waals surface area contributed by atoms with Gasteiger partial charge in [0.2, 0.25) is 0 Å². The van der Waals surface area contributed by atoms with Crippen molar-refractivity contribution in [3.05, 3.63) is 59.4 Å². The third-order valence-electron chi connectivity index (χ3n) is 6.48. The minimum absolute atomic E-state index is 0.579. The van der Waals surface area contributed by atoms with E-state index in [2.05, 4.69) is 32.9 Å². The number of ether oxygens (including phenoxy) is 3. The first-order chi connectivity index (χ1) is 17.1. The van der Waals surface area contributed by atoms with Gasteiger partial charge in [-0.05, 0) is 39.0 Å². The van der Waals surface area contributed by atoms with Crippen molar-refractivity contribution in [1.82, 2.24) is 14.8 Å². The van der Waals surface area contributed by atoms with Crippen molar-refractivity contribution >= 4 is 22.4 Å². The summed E-state index contributed by atoms with van der Waals surface area (Å²) in [6.07, 6.45) is 0. The van der Waals surface area contributed by atoms with Crippen molar-refractivity contribution in [2.24, 2.45) is 0 Å². The highest BCUT2D eigenvalue weighted by Gasteiger charge is 2.27. The third kappa shape index (κ3) is 3.88. The van der Waals surface area contributed by atoms with Gasteiger partial charge in [-0.25, -0.2) is 0 Å². The maximum absolute atomic E-state index is 6.01. The van der Waals surface area contributed by atoms with Crippen molar-refractivity contribution in [3.63, 3.8) is 0 Å². The van der Waals surface area contributed by atoms with Gasteiger partial charge in [0.15, 0.2) is 5.82 Å². The normalized spacial score (nSPS) is 13.2. The van der Waals surface area contributed by atoms with Gasteiger partial charge >= 0.3 is 0 Å². The minimum Gasteiger partial charge on any atom is -0.494 e. The van der Waals surface area contributed by atoms with Crippen molar-refractivity contribution in [3.8, 4) is 22.9 Å². The molecule has 2 aromatic heterocycles. The number of methoxy groups -OCH3 is 1. The smallest absolute Gasteiger partial charge is 0.163 e. The average Bonchev–Trinajstić information content (AvgIpc) is 3.01. The van der Waals surface area contributed by atoms with Crippen LogP contribution in [-0.2, 0) is 6.54 Å². The Bertz CT molecular complexity index is 1380. The number of rotatable bonds is 6. The molecule has 0 fully saturated rings. The summed E-state index contributed by atoms with van der Waals surface area (Å²) >= 11 is 0. The molecular weight excluding hydrogens is 442 g/mol. The lowest BCUT2D eigenvalue weighted by Gasteiger charge is -2.22. The van der Waals surface area contributed by atoms with Gasteiger partial charge in [0.25, 0.3) is 0 Å². The molecule has 0 radical (unpaired) electrons. The molecule has 0 saturated carbocycles. The van der Waals surface area contributed by atoms with Crippen LogP contribution in [0.4, 0.5) is 11.6 Å². The molecule has 3 heterocycles. The van der Waals surface area contributed by atoms with E-state index in [1.807, 2.05) is 57.3 Å². The minimum atomic E-state index is 0.579. The molecule has 0 bridgehead atoms. The van der Waals surface area contributed by atoms with Gasteiger partial charge in [-0.2, -0.15) is 5.10 Å². The van der Waals surface area contributed by atoms with Gasteiger partial charge in [-0.1, -0.05) is 18.2 Å². The van der Waals surface area contributed by atoms with Crippen LogP contribution in [0.3, 0.4) is 0 Å². The number of para-hydroxylation sites is 1. The SMILES string of the molecule is CCOc1ccc(-n2c(C)c3c(C)nnc(N4CCOc5ccccc5C4)c3c2NC)c(OC)c1. The lowest BCUT2D eigenvalue weighted by molar-refractivity contribution is 0.331. The standard InChI is InChI=1S/C27H31N5O3/c1-6-34-20-11-12-21(23(15-20)33-5)32-18(3)24-17(2)29-30-27(25(24)26(32)28-4)31-13-14-35-22-10-8-7-9-19(22)16-31/h7-12,15,28H,6,13-14,16H2,1-5H3. The van der Waals surface area contributed by atoms with E-state index in [1.54, 1.807) is 7.11 Å². The number of fused-ring (bicyclic) bond motifs is 2. The summed E-state index contributed by atoms with van der Waals surface area (Å²) in [4.78, 5) is 2.25. The number of hydrogen-bond donors (Lipinski definition) is 1. The maximum Gasteiger partial charge on any atom is 0.163 e. The molecule has 0 amide bonds. The molecule has 5 rings (SSSR count). The summed E-state index contributed by atoms with van der Waals surface area (Å²) in [5.41, 5.74) is 4.00. The number of hydrogen-bond acceptors (Lipinski definition) is 7. The van der Waals surface area contributed by atoms with Crippen LogP contribution in [0.5, 0.6) is 17.2 Å². The highest BCUT2D eigenvalue weighted by Crippen LogP contribution is 2.42. The Kier molecular flexibility index (Phi) is 6.11. The molecule has 8 heteroatoms. The van der Waals surface area contributed by atoms with Gasteiger partial charge in [-0.3, -0.25) is 4.57 Å². The maximum atomic E-state index is 6.01. The second-order valence-electron chi connectivity index (χ2n) is 8.52. The summed E-state index contributed by atoms with van der Waals surface area (Å²) in [5.74, 6) is 4.20. The van der Waals surface area contributed by atoms with Crippen molar-refractivity contribution in [1.29, 1.82) is 0 Å². The average molecular weight is 474 g/mol. The van der Waals surface area contributed by atoms with Crippen LogP contribution in [0.25, 0.3) is 16.5 Å². The van der Waals surface area contributed by atoms with Crippen LogP contribution in [0.2, 0.25) is 0 Å². The van der Waals surface area contributed by atoms with Crippen molar-refractivity contribution in [2.75, 3.05) is 44.1 Å². The van der Waals surface area contributed by atoms with Gasteiger partial charge in [0.1, 0.15) is 29.7 Å². The van der Waals surface area contributed by atoms with E-state index in [9.17, 15) is 0 Å². The predicted octanol–water partition coefficient (Wildman–Crippen LogP) is 4.89. The largest absolute Gasteiger partial charge is 0.494 e. The van der Waals surface area contributed by atoms with Crippen LogP contribution < -0.4 is 24.4 Å². The Morgan fingerprint density at radius 1 is 1.09 bits per heavy atom. The highest BCUT2D eigenvalue weighted by molar-refractivity contribution is 6.05. The molecule has 0 saturated heterocycles. The second kappa shape index (κ2) is 9.37. The Morgan fingerprint density at radius 2 is 1.91 bits per heavy atom. The molecule has 0 unspecified atom stereocenters. The number of nitrogens with zero attached hydrogens (tertiary/aromatic N) is 4. The van der Waals surface area contributed by atoms with E-state index < -0.39 is 0 Å². The van der Waals surface area contributed by atoms with E-state index in [1.165, 1.54) is 0 Å². The molecule has 0 atom stereocenters. The van der Waals surface area contributed by atoms with E-state index in [0.29, 0.717) is 26.3 Å². The summed E-state index contributed by atoms with van der Waals surface area (Å²) in [5, 5.41) is 14.8. The zero-order chi connectivity index (χ0) is 24.5. The van der Waals surface area contributed by atoms with Crippen LogP contribution in [-0.4, -0.2) is 48.7 Å². The molecule has 8 nitrogen and oxygen atoms in total. The third-order valence-corrected chi connectivity index (χ3v) is 6.48. The van der Waals surface area contributed by atoms with E-state index in [-0.39, 0.29) is 0 Å². The monoisotopic (exact) mass is 473 g/mol. The molecule has 35 heavy (non-hydrogen) atoms. The summed E-state index contributed by atoms with van der Waals surface area (Å²) in [6, 6.07) is 14.1. The summed E-state index contributed by atoms with van der Waals surface area (Å²) < 4.78 is 19.7. The fourth-order valence-corrected chi connectivity index (χ4v) is 4.94. The fraction of sp³-hybridized carbons (Fsp3) is 0.333. The summed E-state index contributed by atoms with van der Waals surface area (Å²) in [7, 11) is 3.62. The lowest BCUT2D eigenvalue weighted by Crippen LogP contribution is -2.27. The number of nitrogens with one attached hydrogen (secondary N) is 1. The number of benzene rings is 2. The number of aryl methyl sites for hydroxylation is 2. The Balaban J connectivity index is 1.72. The first-order valence-electron chi connectivity index (χ1n) is 11.9. The second-order valence-corrected chi connectivity index (χ2v) is 8.52. The molecule has 1 aliphatic rings. The van der Waals surface area contributed by atoms with Gasteiger partial charge in [0, 0.05) is 36.3 Å². The number of aromatic nitrogens is 3. The number of anilines is 2. The topological polar surface area (TPSA) is 73.7 Å². The molecule has 1 N–H and O–H groups in total. The van der Waals surface area contributed by atoms with Gasteiger partial charge in [0.05, 0.1) is 37.0 Å². The first kappa shape index (κ1) is 22.8. The van der Waals surface area contributed by atoms with Gasteiger partial charge < -0.3 is 24.4 Å². The van der Waals surface area contributed by atoms with Crippen LogP contribution in [0, 0.1) is 13.8 Å². The Labute approximate surface area is 205 Å². The molecular formula is C27H31N5O3. The predicted molar refractivity (Wildman–Crippen MR) is 139 cm³/mol. The van der Waals surface area contributed by atoms with E-state index >= 15 is 0 Å². The zero-order valence-electron chi connectivity index (χ0n) is 20.9. The molecule has 1 aliphatic heterocycles. The zero-order valence-corrected chi connectivity index (χ0v) is 20.9. The molecule has 0 aliphatic carbocycles.